The van der Waals surface area contributed by atoms with Crippen molar-refractivity contribution in [2.45, 2.75) is 26.7 Å². The van der Waals surface area contributed by atoms with Crippen LogP contribution in [0.4, 0.5) is 0 Å². The molecule has 1 aliphatic rings. The van der Waals surface area contributed by atoms with Crippen LogP contribution >= 0.6 is 0 Å². The maximum Gasteiger partial charge on any atom is 0.201 e. The molecule has 0 bridgehead atoms. The van der Waals surface area contributed by atoms with Crippen LogP contribution in [-0.4, -0.2) is 5.78 Å². The van der Waals surface area contributed by atoms with Crippen molar-refractivity contribution in [2.24, 2.45) is 5.92 Å². The summed E-state index contributed by atoms with van der Waals surface area (Å²) >= 11 is 0. The molecule has 2 aromatic rings. The van der Waals surface area contributed by atoms with E-state index in [-0.39, 0.29) is 11.7 Å². The third-order valence-electron chi connectivity index (χ3n) is 3.18. The van der Waals surface area contributed by atoms with Gasteiger partial charge in [-0.05, 0) is 49.9 Å². The number of fused-ring (bicyclic) bond motifs is 1. The van der Waals surface area contributed by atoms with Gasteiger partial charge in [-0.2, -0.15) is 0 Å². The number of aryl methyl sites for hydroxylation is 2. The zero-order chi connectivity index (χ0) is 11.3. The van der Waals surface area contributed by atoms with E-state index in [1.807, 2.05) is 19.1 Å². The Bertz CT molecular complexity index is 574. The average Bonchev–Trinajstić information content (AvgIpc) is 2.97. The summed E-state index contributed by atoms with van der Waals surface area (Å²) in [5, 5.41) is 1.06. The van der Waals surface area contributed by atoms with Crippen molar-refractivity contribution in [3.05, 3.63) is 35.1 Å². The fraction of sp³-hybridized carbons (Fsp3) is 0.357. The highest BCUT2D eigenvalue weighted by Gasteiger charge is 2.32. The molecule has 82 valence electrons. The highest BCUT2D eigenvalue weighted by Crippen LogP contribution is 2.34. The minimum absolute atomic E-state index is 0.174. The van der Waals surface area contributed by atoms with Crippen LogP contribution in [-0.2, 0) is 0 Å². The number of ketones is 1. The molecule has 0 saturated heterocycles. The molecule has 0 aliphatic heterocycles. The monoisotopic (exact) mass is 214 g/mol. The van der Waals surface area contributed by atoms with Crippen LogP contribution in [0.3, 0.4) is 0 Å². The minimum atomic E-state index is 0.174. The van der Waals surface area contributed by atoms with E-state index in [2.05, 4.69) is 13.0 Å². The van der Waals surface area contributed by atoms with Crippen LogP contribution in [0.5, 0.6) is 0 Å². The molecule has 1 saturated carbocycles. The molecule has 0 radical (unpaired) electrons. The number of rotatable bonds is 2. The summed E-state index contributed by atoms with van der Waals surface area (Å²) < 4.78 is 5.64. The summed E-state index contributed by atoms with van der Waals surface area (Å²) in [6.45, 7) is 4.09. The Morgan fingerprint density at radius 3 is 2.69 bits per heavy atom. The molecular weight excluding hydrogens is 200 g/mol. The number of benzene rings is 1. The summed E-state index contributed by atoms with van der Waals surface area (Å²) in [6, 6.07) is 6.00. The van der Waals surface area contributed by atoms with E-state index in [1.54, 1.807) is 0 Å². The van der Waals surface area contributed by atoms with Gasteiger partial charge in [0.25, 0.3) is 0 Å². The first-order valence-electron chi connectivity index (χ1n) is 5.70. The first-order chi connectivity index (χ1) is 7.65. The molecule has 3 rings (SSSR count). The van der Waals surface area contributed by atoms with Crippen molar-refractivity contribution >= 4 is 16.8 Å². The third kappa shape index (κ3) is 1.45. The van der Waals surface area contributed by atoms with Crippen molar-refractivity contribution in [3.8, 4) is 0 Å². The molecule has 2 heteroatoms. The van der Waals surface area contributed by atoms with Crippen molar-refractivity contribution in [2.75, 3.05) is 0 Å². The molecule has 0 N–H and O–H groups in total. The van der Waals surface area contributed by atoms with Crippen molar-refractivity contribution in [1.82, 2.24) is 0 Å². The Morgan fingerprint density at radius 1 is 1.25 bits per heavy atom. The van der Waals surface area contributed by atoms with E-state index in [4.69, 9.17) is 4.42 Å². The number of Topliss-reactive ketones (excluding diaryl/α,β-unsaturated/α-hetero) is 1. The summed E-state index contributed by atoms with van der Waals surface area (Å²) in [5.74, 6) is 0.932. The fourth-order valence-corrected chi connectivity index (χ4v) is 2.16. The average molecular weight is 214 g/mol. The number of carbonyl (C=O) groups excluding carboxylic acids is 1. The zero-order valence-corrected chi connectivity index (χ0v) is 9.54. The van der Waals surface area contributed by atoms with Crippen molar-refractivity contribution < 1.29 is 9.21 Å². The van der Waals surface area contributed by atoms with E-state index in [1.165, 1.54) is 11.1 Å². The molecule has 0 unspecified atom stereocenters. The second-order valence-corrected chi connectivity index (χ2v) is 4.74. The molecule has 0 atom stereocenters. The van der Waals surface area contributed by atoms with Gasteiger partial charge in [0.1, 0.15) is 5.58 Å². The lowest BCUT2D eigenvalue weighted by Crippen LogP contribution is -1.98. The van der Waals surface area contributed by atoms with Gasteiger partial charge in [-0.1, -0.05) is 6.07 Å². The van der Waals surface area contributed by atoms with Crippen molar-refractivity contribution in [1.29, 1.82) is 0 Å². The molecule has 16 heavy (non-hydrogen) atoms. The van der Waals surface area contributed by atoms with Gasteiger partial charge in [0.05, 0.1) is 0 Å². The van der Waals surface area contributed by atoms with Gasteiger partial charge in [-0.3, -0.25) is 4.79 Å². The van der Waals surface area contributed by atoms with E-state index >= 15 is 0 Å². The number of hydrogen-bond donors (Lipinski definition) is 0. The molecule has 1 heterocycles. The van der Waals surface area contributed by atoms with E-state index < -0.39 is 0 Å². The molecular formula is C14H14O2. The lowest BCUT2D eigenvalue weighted by Gasteiger charge is -1.96. The largest absolute Gasteiger partial charge is 0.453 e. The summed E-state index contributed by atoms with van der Waals surface area (Å²) in [7, 11) is 0. The first-order valence-corrected chi connectivity index (χ1v) is 5.70. The summed E-state index contributed by atoms with van der Waals surface area (Å²) in [6.07, 6.45) is 2.04. The lowest BCUT2D eigenvalue weighted by atomic mass is 10.1. The zero-order valence-electron chi connectivity index (χ0n) is 9.54. The highest BCUT2D eigenvalue weighted by atomic mass is 16.3. The number of furan rings is 1. The van der Waals surface area contributed by atoms with E-state index in [0.717, 1.165) is 23.8 Å². The van der Waals surface area contributed by atoms with Gasteiger partial charge in [-0.25, -0.2) is 0 Å². The normalized spacial score (nSPS) is 15.6. The molecule has 1 aliphatic carbocycles. The van der Waals surface area contributed by atoms with Crippen LogP contribution in [0, 0.1) is 19.8 Å². The third-order valence-corrected chi connectivity index (χ3v) is 3.18. The summed E-state index contributed by atoms with van der Waals surface area (Å²) in [4.78, 5) is 11.9. The van der Waals surface area contributed by atoms with Crippen LogP contribution < -0.4 is 0 Å². The van der Waals surface area contributed by atoms with Crippen molar-refractivity contribution in [3.63, 3.8) is 0 Å². The molecule has 1 aromatic carbocycles. The predicted octanol–water partition coefficient (Wildman–Crippen LogP) is 3.64. The van der Waals surface area contributed by atoms with Gasteiger partial charge in [0, 0.05) is 11.3 Å². The Morgan fingerprint density at radius 2 is 2.00 bits per heavy atom. The quantitative estimate of drug-likeness (QED) is 0.714. The first kappa shape index (κ1) is 9.64. The Kier molecular flexibility index (Phi) is 1.93. The van der Waals surface area contributed by atoms with Gasteiger partial charge in [0.2, 0.25) is 5.78 Å². The Balaban J connectivity index is 2.14. The maximum absolute atomic E-state index is 11.9. The second-order valence-electron chi connectivity index (χ2n) is 4.74. The van der Waals surface area contributed by atoms with Gasteiger partial charge in [-0.15, -0.1) is 0 Å². The number of carbonyl (C=O) groups is 1. The summed E-state index contributed by atoms with van der Waals surface area (Å²) in [5.41, 5.74) is 3.18. The second kappa shape index (κ2) is 3.21. The highest BCUT2D eigenvalue weighted by molar-refractivity contribution is 6.00. The smallest absolute Gasteiger partial charge is 0.201 e. The standard InChI is InChI=1S/C14H14O2/c1-8-5-9(2)11-7-13(16-12(11)6-8)14(15)10-3-4-10/h5-7,10H,3-4H2,1-2H3. The molecule has 1 aromatic heterocycles. The molecule has 2 nitrogen and oxygen atoms in total. The van der Waals surface area contributed by atoms with Crippen LogP contribution in [0.25, 0.3) is 11.0 Å². The van der Waals surface area contributed by atoms with Crippen LogP contribution in [0.15, 0.2) is 22.6 Å². The Hall–Kier alpha value is -1.57. The molecule has 0 amide bonds. The fourth-order valence-electron chi connectivity index (χ4n) is 2.16. The number of hydrogen-bond acceptors (Lipinski definition) is 2. The van der Waals surface area contributed by atoms with Crippen LogP contribution in [0.2, 0.25) is 0 Å². The molecule has 0 spiro atoms. The van der Waals surface area contributed by atoms with Gasteiger partial charge < -0.3 is 4.42 Å². The minimum Gasteiger partial charge on any atom is -0.453 e. The van der Waals surface area contributed by atoms with Gasteiger partial charge in [0.15, 0.2) is 5.76 Å². The van der Waals surface area contributed by atoms with Gasteiger partial charge >= 0.3 is 0 Å². The maximum atomic E-state index is 11.9. The molecule has 1 fully saturated rings. The Labute approximate surface area is 94.3 Å². The van der Waals surface area contributed by atoms with E-state index in [9.17, 15) is 4.79 Å². The topological polar surface area (TPSA) is 30.2 Å². The van der Waals surface area contributed by atoms with E-state index in [0.29, 0.717) is 5.76 Å². The van der Waals surface area contributed by atoms with Crippen LogP contribution in [0.1, 0.15) is 34.5 Å². The SMILES string of the molecule is Cc1cc(C)c2cc(C(=O)C3CC3)oc2c1. The predicted molar refractivity (Wildman–Crippen MR) is 62.7 cm³/mol. The lowest BCUT2D eigenvalue weighted by molar-refractivity contribution is 0.0942.